The van der Waals surface area contributed by atoms with Crippen LogP contribution in [0.25, 0.3) is 0 Å². The number of hydrogen-bond donors (Lipinski definition) is 2. The van der Waals surface area contributed by atoms with Crippen molar-refractivity contribution in [2.45, 2.75) is 12.5 Å². The summed E-state index contributed by atoms with van der Waals surface area (Å²) in [5.41, 5.74) is 6.75. The Balaban J connectivity index is 2.46. The molecule has 74 valence electrons. The van der Waals surface area contributed by atoms with E-state index in [1.165, 1.54) is 6.07 Å². The second-order valence-corrected chi connectivity index (χ2v) is 3.49. The Bertz CT molecular complexity index is 392. The van der Waals surface area contributed by atoms with E-state index >= 15 is 0 Å². The second-order valence-electron chi connectivity index (χ2n) is 3.49. The molecule has 0 heterocycles. The van der Waals surface area contributed by atoms with Crippen LogP contribution in [-0.2, 0) is 11.2 Å². The summed E-state index contributed by atoms with van der Waals surface area (Å²) in [4.78, 5) is 10.8. The molecule has 0 unspecified atom stereocenters. The monoisotopic (exact) mass is 195 g/mol. The van der Waals surface area contributed by atoms with Crippen molar-refractivity contribution >= 4 is 5.97 Å². The summed E-state index contributed by atoms with van der Waals surface area (Å²) in [5, 5.41) is 8.84. The number of carboxylic acids is 1. The van der Waals surface area contributed by atoms with Gasteiger partial charge < -0.3 is 10.8 Å². The van der Waals surface area contributed by atoms with Crippen LogP contribution in [0.2, 0.25) is 0 Å². The fourth-order valence-corrected chi connectivity index (χ4v) is 1.94. The van der Waals surface area contributed by atoms with Crippen molar-refractivity contribution in [1.29, 1.82) is 0 Å². The molecule has 0 saturated carbocycles. The van der Waals surface area contributed by atoms with Crippen molar-refractivity contribution in [1.82, 2.24) is 0 Å². The van der Waals surface area contributed by atoms with Crippen LogP contribution in [0, 0.1) is 11.7 Å². The minimum absolute atomic E-state index is 0.323. The van der Waals surface area contributed by atoms with Gasteiger partial charge in [0, 0.05) is 11.6 Å². The lowest BCUT2D eigenvalue weighted by Crippen LogP contribution is -2.24. The second kappa shape index (κ2) is 3.06. The van der Waals surface area contributed by atoms with Crippen LogP contribution in [-0.4, -0.2) is 11.1 Å². The lowest BCUT2D eigenvalue weighted by molar-refractivity contribution is -0.142. The van der Waals surface area contributed by atoms with Gasteiger partial charge in [0.15, 0.2) is 0 Å². The highest BCUT2D eigenvalue weighted by molar-refractivity contribution is 5.73. The fourth-order valence-electron chi connectivity index (χ4n) is 1.94. The van der Waals surface area contributed by atoms with Crippen LogP contribution in [0.3, 0.4) is 0 Å². The first-order chi connectivity index (χ1) is 6.61. The number of carboxylic acid groups (broad SMARTS) is 1. The summed E-state index contributed by atoms with van der Waals surface area (Å²) in [6.07, 6.45) is 0.323. The van der Waals surface area contributed by atoms with Gasteiger partial charge in [0.1, 0.15) is 5.82 Å². The first kappa shape index (κ1) is 9.15. The maximum absolute atomic E-state index is 13.3. The zero-order valence-corrected chi connectivity index (χ0v) is 7.40. The number of halogens is 1. The highest BCUT2D eigenvalue weighted by atomic mass is 19.1. The molecule has 14 heavy (non-hydrogen) atoms. The number of nitrogens with two attached hydrogens (primary N) is 1. The van der Waals surface area contributed by atoms with Crippen molar-refractivity contribution in [2.24, 2.45) is 11.7 Å². The average molecular weight is 195 g/mol. The van der Waals surface area contributed by atoms with Crippen LogP contribution in [0.5, 0.6) is 0 Å². The van der Waals surface area contributed by atoms with Gasteiger partial charge in [-0.15, -0.1) is 0 Å². The summed E-state index contributed by atoms with van der Waals surface area (Å²) in [6, 6.07) is 3.89. The molecule has 1 aromatic rings. The van der Waals surface area contributed by atoms with E-state index in [0.29, 0.717) is 17.5 Å². The van der Waals surface area contributed by atoms with Gasteiger partial charge in [0.05, 0.1) is 5.92 Å². The Morgan fingerprint density at radius 1 is 1.57 bits per heavy atom. The van der Waals surface area contributed by atoms with Gasteiger partial charge in [0.2, 0.25) is 0 Å². The van der Waals surface area contributed by atoms with E-state index in [-0.39, 0.29) is 0 Å². The smallest absolute Gasteiger partial charge is 0.308 e. The largest absolute Gasteiger partial charge is 0.481 e. The maximum atomic E-state index is 13.3. The van der Waals surface area contributed by atoms with E-state index in [1.807, 2.05) is 0 Å². The predicted molar refractivity (Wildman–Crippen MR) is 48.2 cm³/mol. The van der Waals surface area contributed by atoms with Crippen LogP contribution < -0.4 is 5.73 Å². The van der Waals surface area contributed by atoms with Crippen LogP contribution in [0.1, 0.15) is 17.2 Å². The molecule has 2 rings (SSSR count). The molecule has 3 nitrogen and oxygen atoms in total. The molecule has 1 aliphatic carbocycles. The zero-order chi connectivity index (χ0) is 10.3. The summed E-state index contributed by atoms with van der Waals surface area (Å²) in [5.74, 6) is -2.06. The first-order valence-electron chi connectivity index (χ1n) is 4.37. The fraction of sp³-hybridized carbons (Fsp3) is 0.300. The van der Waals surface area contributed by atoms with Gasteiger partial charge in [-0.05, 0) is 18.1 Å². The molecule has 1 aliphatic rings. The van der Waals surface area contributed by atoms with E-state index in [1.54, 1.807) is 12.1 Å². The van der Waals surface area contributed by atoms with Crippen molar-refractivity contribution in [3.8, 4) is 0 Å². The van der Waals surface area contributed by atoms with Crippen molar-refractivity contribution < 1.29 is 14.3 Å². The van der Waals surface area contributed by atoms with Gasteiger partial charge in [-0.2, -0.15) is 0 Å². The van der Waals surface area contributed by atoms with E-state index in [0.717, 1.165) is 0 Å². The Hall–Kier alpha value is -1.42. The molecule has 0 amide bonds. The number of rotatable bonds is 1. The lowest BCUT2D eigenvalue weighted by atomic mass is 10.0. The summed E-state index contributed by atoms with van der Waals surface area (Å²) < 4.78 is 13.3. The molecule has 0 bridgehead atoms. The molecular formula is C10H10FNO2. The Morgan fingerprint density at radius 2 is 2.29 bits per heavy atom. The van der Waals surface area contributed by atoms with E-state index in [2.05, 4.69) is 0 Å². The predicted octanol–water partition coefficient (Wildman–Crippen LogP) is 1.08. The molecule has 0 aromatic heterocycles. The molecular weight excluding hydrogens is 185 g/mol. The van der Waals surface area contributed by atoms with Crippen LogP contribution in [0.4, 0.5) is 4.39 Å². The highest BCUT2D eigenvalue weighted by Gasteiger charge is 2.36. The Morgan fingerprint density at radius 3 is 2.86 bits per heavy atom. The number of hydrogen-bond acceptors (Lipinski definition) is 2. The van der Waals surface area contributed by atoms with Gasteiger partial charge >= 0.3 is 5.97 Å². The number of carbonyl (C=O) groups is 1. The van der Waals surface area contributed by atoms with Gasteiger partial charge in [-0.3, -0.25) is 4.79 Å². The standard InChI is InChI=1S/C10H10FNO2/c11-7-3-1-2-5-4-6(10(13)14)9(12)8(5)7/h1-3,6,9H,4,12H2,(H,13,14)/t6-,9+/m1/s1. The molecule has 0 spiro atoms. The molecule has 4 heteroatoms. The minimum atomic E-state index is -0.965. The van der Waals surface area contributed by atoms with Gasteiger partial charge in [-0.25, -0.2) is 4.39 Å². The SMILES string of the molecule is N[C@@H]1c2c(F)cccc2C[C@H]1C(=O)O. The van der Waals surface area contributed by atoms with Crippen LogP contribution >= 0.6 is 0 Å². The van der Waals surface area contributed by atoms with Gasteiger partial charge in [0.25, 0.3) is 0 Å². The van der Waals surface area contributed by atoms with Crippen molar-refractivity contribution in [3.63, 3.8) is 0 Å². The summed E-state index contributed by atoms with van der Waals surface area (Å²) in [6.45, 7) is 0. The molecule has 0 fully saturated rings. The van der Waals surface area contributed by atoms with E-state index < -0.39 is 23.7 Å². The number of benzene rings is 1. The quantitative estimate of drug-likeness (QED) is 0.704. The van der Waals surface area contributed by atoms with Crippen molar-refractivity contribution in [3.05, 3.63) is 35.1 Å². The molecule has 2 atom stereocenters. The minimum Gasteiger partial charge on any atom is -0.481 e. The molecule has 3 N–H and O–H groups in total. The van der Waals surface area contributed by atoms with E-state index in [4.69, 9.17) is 10.8 Å². The maximum Gasteiger partial charge on any atom is 0.308 e. The third kappa shape index (κ3) is 1.19. The average Bonchev–Trinajstić information content (AvgIpc) is 2.45. The van der Waals surface area contributed by atoms with Crippen molar-refractivity contribution in [2.75, 3.05) is 0 Å². The summed E-state index contributed by atoms with van der Waals surface area (Å²) >= 11 is 0. The molecule has 0 radical (unpaired) electrons. The molecule has 0 saturated heterocycles. The third-order valence-electron chi connectivity index (χ3n) is 2.67. The Kier molecular flexibility index (Phi) is 2.00. The lowest BCUT2D eigenvalue weighted by Gasteiger charge is -2.10. The normalized spacial score (nSPS) is 24.7. The molecule has 1 aromatic carbocycles. The zero-order valence-electron chi connectivity index (χ0n) is 7.40. The first-order valence-corrected chi connectivity index (χ1v) is 4.37. The number of aliphatic carboxylic acids is 1. The Labute approximate surface area is 80.3 Å². The topological polar surface area (TPSA) is 63.3 Å². The van der Waals surface area contributed by atoms with Gasteiger partial charge in [-0.1, -0.05) is 12.1 Å². The van der Waals surface area contributed by atoms with Crippen LogP contribution in [0.15, 0.2) is 18.2 Å². The summed E-state index contributed by atoms with van der Waals surface area (Å²) in [7, 11) is 0. The highest BCUT2D eigenvalue weighted by Crippen LogP contribution is 2.35. The number of fused-ring (bicyclic) bond motifs is 1. The van der Waals surface area contributed by atoms with E-state index in [9.17, 15) is 9.18 Å². The molecule has 0 aliphatic heterocycles. The third-order valence-corrected chi connectivity index (χ3v) is 2.67.